The molecule has 5 heteroatoms. The molecule has 0 N–H and O–H groups in total. The van der Waals surface area contributed by atoms with Crippen LogP contribution in [0.25, 0.3) is 11.0 Å². The first-order valence-electron chi connectivity index (χ1n) is 5.88. The van der Waals surface area contributed by atoms with Gasteiger partial charge in [0.1, 0.15) is 5.82 Å². The molecule has 1 heterocycles. The Balaban J connectivity index is 2.59. The summed E-state index contributed by atoms with van der Waals surface area (Å²) < 4.78 is 39.7. The maximum atomic E-state index is 12.6. The summed E-state index contributed by atoms with van der Waals surface area (Å²) >= 11 is 0. The molecule has 0 aliphatic rings. The van der Waals surface area contributed by atoms with Gasteiger partial charge in [-0.15, -0.1) is 0 Å². The summed E-state index contributed by atoms with van der Waals surface area (Å²) in [5.41, 5.74) is 0.490. The Labute approximate surface area is 103 Å². The van der Waals surface area contributed by atoms with Crippen LogP contribution >= 0.6 is 0 Å². The van der Waals surface area contributed by atoms with Gasteiger partial charge in [-0.2, -0.15) is 13.2 Å². The highest BCUT2D eigenvalue weighted by Gasteiger charge is 2.31. The van der Waals surface area contributed by atoms with Crippen molar-refractivity contribution >= 4 is 11.0 Å². The predicted octanol–water partition coefficient (Wildman–Crippen LogP) is 4.11. The summed E-state index contributed by atoms with van der Waals surface area (Å²) in [6.07, 6.45) is -3.41. The van der Waals surface area contributed by atoms with Gasteiger partial charge in [0.15, 0.2) is 0 Å². The second-order valence-electron chi connectivity index (χ2n) is 4.54. The number of aromatic nitrogens is 2. The third-order valence-electron chi connectivity index (χ3n) is 3.30. The molecule has 2 nitrogen and oxygen atoms in total. The third-order valence-corrected chi connectivity index (χ3v) is 3.30. The Bertz CT molecular complexity index is 569. The number of imidazole rings is 1. The van der Waals surface area contributed by atoms with Crippen molar-refractivity contribution in [3.63, 3.8) is 0 Å². The lowest BCUT2D eigenvalue weighted by Gasteiger charge is -2.08. The molecule has 0 saturated heterocycles. The van der Waals surface area contributed by atoms with Crippen molar-refractivity contribution in [1.29, 1.82) is 0 Å². The molecular formula is C13H15F3N2. The fourth-order valence-electron chi connectivity index (χ4n) is 2.02. The van der Waals surface area contributed by atoms with E-state index in [-0.39, 0.29) is 5.92 Å². The molecular weight excluding hydrogens is 241 g/mol. The smallest absolute Gasteiger partial charge is 0.331 e. The minimum atomic E-state index is -4.32. The van der Waals surface area contributed by atoms with Crippen molar-refractivity contribution in [2.45, 2.75) is 32.4 Å². The number of aryl methyl sites for hydroxylation is 1. The molecule has 0 saturated carbocycles. The molecule has 2 aromatic rings. The Kier molecular flexibility index (Phi) is 3.09. The highest BCUT2D eigenvalue weighted by Crippen LogP contribution is 2.32. The topological polar surface area (TPSA) is 17.8 Å². The molecule has 0 bridgehead atoms. The Morgan fingerprint density at radius 3 is 2.56 bits per heavy atom. The number of hydrogen-bond acceptors (Lipinski definition) is 1. The number of alkyl halides is 3. The van der Waals surface area contributed by atoms with Crippen LogP contribution in [0.3, 0.4) is 0 Å². The van der Waals surface area contributed by atoms with E-state index in [1.54, 1.807) is 0 Å². The lowest BCUT2D eigenvalue weighted by atomic mass is 10.1. The fraction of sp³-hybridized carbons (Fsp3) is 0.462. The van der Waals surface area contributed by atoms with E-state index in [4.69, 9.17) is 0 Å². The lowest BCUT2D eigenvalue weighted by molar-refractivity contribution is -0.137. The van der Waals surface area contributed by atoms with Gasteiger partial charge in [0.25, 0.3) is 0 Å². The van der Waals surface area contributed by atoms with Gasteiger partial charge in [-0.3, -0.25) is 0 Å². The number of hydrogen-bond donors (Lipinski definition) is 0. The number of benzene rings is 1. The molecule has 1 aromatic carbocycles. The van der Waals surface area contributed by atoms with Crippen molar-refractivity contribution in [2.75, 3.05) is 0 Å². The van der Waals surface area contributed by atoms with Gasteiger partial charge in [0, 0.05) is 13.0 Å². The number of halogens is 3. The first-order valence-corrected chi connectivity index (χ1v) is 5.88. The summed E-state index contributed by atoms with van der Waals surface area (Å²) in [6.45, 7) is 4.05. The molecule has 0 aliphatic carbocycles. The first-order chi connectivity index (χ1) is 8.34. The van der Waals surface area contributed by atoms with E-state index in [0.717, 1.165) is 29.9 Å². The highest BCUT2D eigenvalue weighted by molar-refractivity contribution is 5.77. The molecule has 98 valence electrons. The molecule has 1 atom stereocenters. The molecule has 1 unspecified atom stereocenters. The Hall–Kier alpha value is -1.52. The maximum Gasteiger partial charge on any atom is 0.416 e. The average Bonchev–Trinajstić information content (AvgIpc) is 2.64. The van der Waals surface area contributed by atoms with Gasteiger partial charge in [0.05, 0.1) is 16.6 Å². The van der Waals surface area contributed by atoms with E-state index in [9.17, 15) is 13.2 Å². The minimum Gasteiger partial charge on any atom is -0.331 e. The van der Waals surface area contributed by atoms with Crippen molar-refractivity contribution < 1.29 is 13.2 Å². The van der Waals surface area contributed by atoms with Crippen LogP contribution in [0.1, 0.15) is 37.6 Å². The number of nitrogens with zero attached hydrogens (tertiary/aromatic N) is 2. The minimum absolute atomic E-state index is 0.233. The molecule has 0 aliphatic heterocycles. The van der Waals surface area contributed by atoms with Crippen molar-refractivity contribution in [1.82, 2.24) is 9.55 Å². The van der Waals surface area contributed by atoms with E-state index in [2.05, 4.69) is 4.98 Å². The summed E-state index contributed by atoms with van der Waals surface area (Å²) in [4.78, 5) is 4.32. The van der Waals surface area contributed by atoms with Crippen LogP contribution in [0, 0.1) is 0 Å². The summed E-state index contributed by atoms with van der Waals surface area (Å²) in [7, 11) is 1.84. The molecule has 0 radical (unpaired) electrons. The van der Waals surface area contributed by atoms with Gasteiger partial charge in [-0.05, 0) is 24.6 Å². The third kappa shape index (κ3) is 2.09. The lowest BCUT2D eigenvalue weighted by Crippen LogP contribution is -2.04. The zero-order valence-electron chi connectivity index (χ0n) is 10.5. The quantitative estimate of drug-likeness (QED) is 0.790. The van der Waals surface area contributed by atoms with E-state index in [1.165, 1.54) is 6.07 Å². The van der Waals surface area contributed by atoms with E-state index in [1.807, 2.05) is 25.5 Å². The number of fused-ring (bicyclic) bond motifs is 1. The molecule has 18 heavy (non-hydrogen) atoms. The van der Waals surface area contributed by atoms with Crippen molar-refractivity contribution in [3.05, 3.63) is 29.6 Å². The zero-order valence-corrected chi connectivity index (χ0v) is 10.5. The largest absolute Gasteiger partial charge is 0.416 e. The van der Waals surface area contributed by atoms with Crippen LogP contribution < -0.4 is 0 Å². The fourth-order valence-corrected chi connectivity index (χ4v) is 2.02. The SMILES string of the molecule is CCC(C)c1nc2cc(C(F)(F)F)ccc2n1C. The highest BCUT2D eigenvalue weighted by atomic mass is 19.4. The average molecular weight is 256 g/mol. The van der Waals surface area contributed by atoms with Crippen LogP contribution in [-0.4, -0.2) is 9.55 Å². The molecule has 0 fully saturated rings. The monoisotopic (exact) mass is 256 g/mol. The Morgan fingerprint density at radius 1 is 1.33 bits per heavy atom. The van der Waals surface area contributed by atoms with Gasteiger partial charge < -0.3 is 4.57 Å². The van der Waals surface area contributed by atoms with E-state index in [0.29, 0.717) is 5.52 Å². The molecule has 0 amide bonds. The second-order valence-corrected chi connectivity index (χ2v) is 4.54. The summed E-state index contributed by atoms with van der Waals surface area (Å²) in [6, 6.07) is 3.70. The number of rotatable bonds is 2. The predicted molar refractivity (Wildman–Crippen MR) is 64.4 cm³/mol. The summed E-state index contributed by atoms with van der Waals surface area (Å²) in [5.74, 6) is 1.06. The van der Waals surface area contributed by atoms with Crippen LogP contribution in [0.15, 0.2) is 18.2 Å². The van der Waals surface area contributed by atoms with Crippen molar-refractivity contribution in [3.8, 4) is 0 Å². The molecule has 1 aromatic heterocycles. The molecule has 0 spiro atoms. The summed E-state index contributed by atoms with van der Waals surface area (Å²) in [5, 5.41) is 0. The van der Waals surface area contributed by atoms with Gasteiger partial charge >= 0.3 is 6.18 Å². The van der Waals surface area contributed by atoms with Gasteiger partial charge in [-0.25, -0.2) is 4.98 Å². The Morgan fingerprint density at radius 2 is 2.00 bits per heavy atom. The van der Waals surface area contributed by atoms with Crippen LogP contribution in [0.4, 0.5) is 13.2 Å². The van der Waals surface area contributed by atoms with E-state index >= 15 is 0 Å². The normalized spacial score (nSPS) is 14.1. The first kappa shape index (κ1) is 12.9. The zero-order chi connectivity index (χ0) is 13.5. The standard InChI is InChI=1S/C13H15F3N2/c1-4-8(2)12-17-10-7-9(13(14,15)16)5-6-11(10)18(12)3/h5-8H,4H2,1-3H3. The van der Waals surface area contributed by atoms with Crippen LogP contribution in [0.5, 0.6) is 0 Å². The van der Waals surface area contributed by atoms with Crippen LogP contribution in [-0.2, 0) is 13.2 Å². The van der Waals surface area contributed by atoms with Gasteiger partial charge in [0.2, 0.25) is 0 Å². The van der Waals surface area contributed by atoms with Gasteiger partial charge in [-0.1, -0.05) is 13.8 Å². The molecule has 2 rings (SSSR count). The van der Waals surface area contributed by atoms with E-state index < -0.39 is 11.7 Å². The second kappa shape index (κ2) is 4.30. The van der Waals surface area contributed by atoms with Crippen LogP contribution in [0.2, 0.25) is 0 Å². The maximum absolute atomic E-state index is 12.6. The van der Waals surface area contributed by atoms with Crippen molar-refractivity contribution in [2.24, 2.45) is 7.05 Å².